The van der Waals surface area contributed by atoms with E-state index in [2.05, 4.69) is 0 Å². The van der Waals surface area contributed by atoms with Gasteiger partial charge in [-0.3, -0.25) is 0 Å². The summed E-state index contributed by atoms with van der Waals surface area (Å²) in [6.45, 7) is -0.0592. The van der Waals surface area contributed by atoms with Crippen LogP contribution in [-0.4, -0.2) is 23.4 Å². The van der Waals surface area contributed by atoms with Crippen molar-refractivity contribution in [3.05, 3.63) is 0 Å². The molecule has 3 heteroatoms. The van der Waals surface area contributed by atoms with Gasteiger partial charge in [-0.05, 0) is 6.42 Å². The van der Waals surface area contributed by atoms with Gasteiger partial charge < -0.3 is 10.2 Å². The quantitative estimate of drug-likeness (QED) is 0.556. The molecule has 0 amide bonds. The molecule has 0 heterocycles. The molecule has 0 atom stereocenters. The van der Waals surface area contributed by atoms with E-state index >= 15 is 0 Å². The molecule has 0 saturated carbocycles. The fourth-order valence-electron chi connectivity index (χ4n) is 0.509. The maximum Gasteiger partial charge on any atom is 0.0621 e. The molecule has 0 unspecified atom stereocenters. The maximum atomic E-state index is 8.48. The first-order valence-electron chi connectivity index (χ1n) is 2.93. The van der Waals surface area contributed by atoms with E-state index in [0.29, 0.717) is 12.8 Å². The lowest BCUT2D eigenvalue weighted by Crippen LogP contribution is -2.09. The van der Waals surface area contributed by atoms with Crippen LogP contribution in [0.15, 0.2) is 0 Å². The van der Waals surface area contributed by atoms with Gasteiger partial charge in [0.15, 0.2) is 0 Å². The lowest BCUT2D eigenvalue weighted by molar-refractivity contribution is 0.145. The van der Waals surface area contributed by atoms with Crippen molar-refractivity contribution in [2.75, 3.05) is 13.2 Å². The summed E-state index contributed by atoms with van der Waals surface area (Å²) in [5.41, 5.74) is 0. The monoisotopic (exact) mass is 129 g/mol. The van der Waals surface area contributed by atoms with Crippen LogP contribution in [0, 0.1) is 17.2 Å². The number of rotatable bonds is 4. The second-order valence-electron chi connectivity index (χ2n) is 1.93. The fourth-order valence-corrected chi connectivity index (χ4v) is 0.509. The number of hydrogen-bond acceptors (Lipinski definition) is 3. The highest BCUT2D eigenvalue weighted by Gasteiger charge is 2.03. The van der Waals surface area contributed by atoms with Gasteiger partial charge in [0, 0.05) is 25.6 Å². The third-order valence-electron chi connectivity index (χ3n) is 1.18. The van der Waals surface area contributed by atoms with Gasteiger partial charge >= 0.3 is 0 Å². The SMILES string of the molecule is N#CCCC(CO)CO. The fraction of sp³-hybridized carbons (Fsp3) is 0.833. The Kier molecular flexibility index (Phi) is 5.18. The van der Waals surface area contributed by atoms with Crippen LogP contribution >= 0.6 is 0 Å². The van der Waals surface area contributed by atoms with Gasteiger partial charge in [0.25, 0.3) is 0 Å². The highest BCUT2D eigenvalue weighted by atomic mass is 16.3. The van der Waals surface area contributed by atoms with Crippen LogP contribution in [-0.2, 0) is 0 Å². The summed E-state index contributed by atoms with van der Waals surface area (Å²) in [5, 5.41) is 25.1. The lowest BCUT2D eigenvalue weighted by atomic mass is 10.1. The molecule has 0 aliphatic carbocycles. The first-order chi connectivity index (χ1) is 4.35. The molecule has 9 heavy (non-hydrogen) atoms. The summed E-state index contributed by atoms with van der Waals surface area (Å²) in [6, 6.07) is 1.94. The lowest BCUT2D eigenvalue weighted by Gasteiger charge is -2.05. The van der Waals surface area contributed by atoms with Crippen molar-refractivity contribution < 1.29 is 10.2 Å². The van der Waals surface area contributed by atoms with Crippen LogP contribution in [0.1, 0.15) is 12.8 Å². The van der Waals surface area contributed by atoms with E-state index < -0.39 is 0 Å². The number of aliphatic hydroxyl groups is 2. The normalized spacial score (nSPS) is 9.56. The van der Waals surface area contributed by atoms with Crippen LogP contribution in [0.4, 0.5) is 0 Å². The Morgan fingerprint density at radius 1 is 1.33 bits per heavy atom. The molecule has 3 nitrogen and oxygen atoms in total. The first kappa shape index (κ1) is 8.41. The molecule has 0 aliphatic heterocycles. The third-order valence-corrected chi connectivity index (χ3v) is 1.18. The Hall–Kier alpha value is -0.590. The van der Waals surface area contributed by atoms with E-state index in [1.807, 2.05) is 6.07 Å². The van der Waals surface area contributed by atoms with Crippen molar-refractivity contribution in [1.29, 1.82) is 5.26 Å². The van der Waals surface area contributed by atoms with Gasteiger partial charge in [0.1, 0.15) is 0 Å². The Labute approximate surface area is 54.5 Å². The predicted octanol–water partition coefficient (Wildman–Crippen LogP) is -0.109. The van der Waals surface area contributed by atoms with Gasteiger partial charge in [0.05, 0.1) is 6.07 Å². The van der Waals surface area contributed by atoms with Crippen LogP contribution in [0.25, 0.3) is 0 Å². The zero-order valence-electron chi connectivity index (χ0n) is 5.25. The highest BCUT2D eigenvalue weighted by Crippen LogP contribution is 2.02. The number of aliphatic hydroxyl groups excluding tert-OH is 2. The molecular formula is C6H11NO2. The molecule has 0 rings (SSSR count). The van der Waals surface area contributed by atoms with Crippen LogP contribution in [0.2, 0.25) is 0 Å². The van der Waals surface area contributed by atoms with Gasteiger partial charge in [-0.1, -0.05) is 0 Å². The Morgan fingerprint density at radius 3 is 2.22 bits per heavy atom. The molecule has 0 aromatic heterocycles. The summed E-state index contributed by atoms with van der Waals surface area (Å²) >= 11 is 0. The average Bonchev–Trinajstić information content (AvgIpc) is 1.91. The van der Waals surface area contributed by atoms with E-state index in [1.165, 1.54) is 0 Å². The van der Waals surface area contributed by atoms with E-state index in [9.17, 15) is 0 Å². The molecule has 0 aromatic carbocycles. The van der Waals surface area contributed by atoms with Crippen molar-refractivity contribution in [1.82, 2.24) is 0 Å². The summed E-state index contributed by atoms with van der Waals surface area (Å²) in [6.07, 6.45) is 0.995. The minimum absolute atomic E-state index is 0.0296. The first-order valence-corrected chi connectivity index (χ1v) is 2.93. The second kappa shape index (κ2) is 5.54. The molecule has 0 aliphatic rings. The predicted molar refractivity (Wildman–Crippen MR) is 32.5 cm³/mol. The van der Waals surface area contributed by atoms with Crippen molar-refractivity contribution in [3.63, 3.8) is 0 Å². The summed E-state index contributed by atoms with van der Waals surface area (Å²) < 4.78 is 0. The van der Waals surface area contributed by atoms with Crippen molar-refractivity contribution in [2.45, 2.75) is 12.8 Å². The summed E-state index contributed by atoms with van der Waals surface area (Å²) in [7, 11) is 0. The van der Waals surface area contributed by atoms with Crippen LogP contribution in [0.3, 0.4) is 0 Å². The van der Waals surface area contributed by atoms with Crippen molar-refractivity contribution in [2.24, 2.45) is 5.92 Å². The number of nitrogens with zero attached hydrogens (tertiary/aromatic N) is 1. The number of nitriles is 1. The zero-order valence-corrected chi connectivity index (χ0v) is 5.25. The molecule has 0 saturated heterocycles. The van der Waals surface area contributed by atoms with Crippen molar-refractivity contribution in [3.8, 4) is 6.07 Å². The summed E-state index contributed by atoms with van der Waals surface area (Å²) in [4.78, 5) is 0. The molecule has 0 bridgehead atoms. The van der Waals surface area contributed by atoms with E-state index in [-0.39, 0.29) is 19.1 Å². The minimum atomic E-state index is -0.107. The average molecular weight is 129 g/mol. The second-order valence-corrected chi connectivity index (χ2v) is 1.93. The molecule has 52 valence electrons. The highest BCUT2D eigenvalue weighted by molar-refractivity contribution is 4.71. The molecule has 0 spiro atoms. The molecule has 0 fully saturated rings. The Morgan fingerprint density at radius 2 is 1.89 bits per heavy atom. The molecule has 2 N–H and O–H groups in total. The summed E-state index contributed by atoms with van der Waals surface area (Å²) in [5.74, 6) is -0.107. The van der Waals surface area contributed by atoms with Gasteiger partial charge in [-0.15, -0.1) is 0 Å². The smallest absolute Gasteiger partial charge is 0.0621 e. The van der Waals surface area contributed by atoms with Crippen molar-refractivity contribution >= 4 is 0 Å². The largest absolute Gasteiger partial charge is 0.396 e. The van der Waals surface area contributed by atoms with E-state index in [0.717, 1.165) is 0 Å². The standard InChI is InChI=1S/C6H11NO2/c7-3-1-2-6(4-8)5-9/h6,8-9H,1-2,4-5H2. The Bertz CT molecular complexity index is 93.7. The molecular weight excluding hydrogens is 118 g/mol. The van der Waals surface area contributed by atoms with E-state index in [4.69, 9.17) is 15.5 Å². The van der Waals surface area contributed by atoms with Gasteiger partial charge in [0.2, 0.25) is 0 Å². The maximum absolute atomic E-state index is 8.48. The third kappa shape index (κ3) is 3.95. The zero-order chi connectivity index (χ0) is 7.11. The van der Waals surface area contributed by atoms with Crippen LogP contribution in [0.5, 0.6) is 0 Å². The van der Waals surface area contributed by atoms with Crippen LogP contribution < -0.4 is 0 Å². The number of hydrogen-bond donors (Lipinski definition) is 2. The topological polar surface area (TPSA) is 64.2 Å². The minimum Gasteiger partial charge on any atom is -0.396 e. The molecule has 0 aromatic rings. The van der Waals surface area contributed by atoms with Gasteiger partial charge in [-0.25, -0.2) is 0 Å². The van der Waals surface area contributed by atoms with Gasteiger partial charge in [-0.2, -0.15) is 5.26 Å². The Balaban J connectivity index is 3.22. The van der Waals surface area contributed by atoms with E-state index in [1.54, 1.807) is 0 Å². The molecule has 0 radical (unpaired) electrons.